The number of hydrogen-bond donors (Lipinski definition) is 3. The van der Waals surface area contributed by atoms with Gasteiger partial charge in [0.2, 0.25) is 0 Å². The second-order valence-corrected chi connectivity index (χ2v) is 3.88. The first-order valence-electron chi connectivity index (χ1n) is 5.46. The highest BCUT2D eigenvalue weighted by Crippen LogP contribution is 2.14. The van der Waals surface area contributed by atoms with Crippen LogP contribution in [0.5, 0.6) is 5.75 Å². The van der Waals surface area contributed by atoms with E-state index in [4.69, 9.17) is 14.6 Å². The summed E-state index contributed by atoms with van der Waals surface area (Å²) < 4.78 is 5.06. The van der Waals surface area contributed by atoms with Crippen LogP contribution in [0.25, 0.3) is 0 Å². The van der Waals surface area contributed by atoms with E-state index in [2.05, 4.69) is 5.32 Å². The van der Waals surface area contributed by atoms with Crippen LogP contribution in [0.15, 0.2) is 47.1 Å². The predicted molar refractivity (Wildman–Crippen MR) is 65.6 cm³/mol. The van der Waals surface area contributed by atoms with Gasteiger partial charge in [0.05, 0.1) is 6.26 Å². The average Bonchev–Trinajstić information content (AvgIpc) is 2.84. The van der Waals surface area contributed by atoms with Gasteiger partial charge in [-0.05, 0) is 23.8 Å². The number of rotatable bonds is 5. The maximum atomic E-state index is 11.1. The summed E-state index contributed by atoms with van der Waals surface area (Å²) in [5, 5.41) is 21.1. The molecule has 1 aromatic carbocycles. The van der Waals surface area contributed by atoms with Gasteiger partial charge in [0, 0.05) is 12.5 Å². The highest BCUT2D eigenvalue weighted by Gasteiger charge is 2.18. The molecule has 0 bridgehead atoms. The second-order valence-electron chi connectivity index (χ2n) is 3.88. The fraction of sp³-hybridized carbons (Fsp3) is 0.154. The zero-order chi connectivity index (χ0) is 13.0. The maximum Gasteiger partial charge on any atom is 0.326 e. The Bertz CT molecular complexity index is 504. The number of hydrogen-bond acceptors (Lipinski definition) is 4. The smallest absolute Gasteiger partial charge is 0.326 e. The Morgan fingerprint density at radius 2 is 2.00 bits per heavy atom. The van der Waals surface area contributed by atoms with Gasteiger partial charge in [-0.2, -0.15) is 0 Å². The molecule has 0 radical (unpaired) electrons. The van der Waals surface area contributed by atoms with Crippen molar-refractivity contribution in [3.05, 3.63) is 48.2 Å². The third kappa shape index (κ3) is 3.04. The molecule has 18 heavy (non-hydrogen) atoms. The highest BCUT2D eigenvalue weighted by atomic mass is 16.4. The van der Waals surface area contributed by atoms with Gasteiger partial charge in [-0.1, -0.05) is 12.1 Å². The van der Waals surface area contributed by atoms with Crippen LogP contribution in [0.4, 0.5) is 5.88 Å². The number of nitrogens with one attached hydrogen (secondary N) is 1. The Morgan fingerprint density at radius 1 is 1.28 bits per heavy atom. The van der Waals surface area contributed by atoms with E-state index in [-0.39, 0.29) is 5.75 Å². The molecule has 2 aromatic rings. The molecule has 3 N–H and O–H groups in total. The molecule has 0 aliphatic heterocycles. The number of carbonyl (C=O) groups is 1. The van der Waals surface area contributed by atoms with Crippen molar-refractivity contribution in [3.63, 3.8) is 0 Å². The lowest BCUT2D eigenvalue weighted by Gasteiger charge is -2.13. The molecule has 0 saturated carbocycles. The van der Waals surface area contributed by atoms with Gasteiger partial charge in [-0.15, -0.1) is 0 Å². The predicted octanol–water partition coefficient (Wildman–Crippen LogP) is 2.09. The number of carboxylic acids is 1. The van der Waals surface area contributed by atoms with Crippen LogP contribution < -0.4 is 5.32 Å². The van der Waals surface area contributed by atoms with Gasteiger partial charge in [0.25, 0.3) is 0 Å². The minimum atomic E-state index is -0.959. The van der Waals surface area contributed by atoms with Crippen molar-refractivity contribution in [2.75, 3.05) is 5.32 Å². The fourth-order valence-electron chi connectivity index (χ4n) is 1.60. The van der Waals surface area contributed by atoms with Gasteiger partial charge in [-0.25, -0.2) is 4.79 Å². The van der Waals surface area contributed by atoms with Gasteiger partial charge >= 0.3 is 5.97 Å². The molecule has 0 aliphatic carbocycles. The average molecular weight is 247 g/mol. The molecular formula is C13H13NO4. The third-order valence-electron chi connectivity index (χ3n) is 2.51. The van der Waals surface area contributed by atoms with Gasteiger partial charge < -0.3 is 19.9 Å². The zero-order valence-electron chi connectivity index (χ0n) is 9.54. The van der Waals surface area contributed by atoms with E-state index in [0.717, 1.165) is 5.56 Å². The summed E-state index contributed by atoms with van der Waals surface area (Å²) >= 11 is 0. The lowest BCUT2D eigenvalue weighted by Crippen LogP contribution is -2.31. The van der Waals surface area contributed by atoms with Crippen molar-refractivity contribution in [2.24, 2.45) is 0 Å². The van der Waals surface area contributed by atoms with Crippen molar-refractivity contribution in [1.82, 2.24) is 0 Å². The Labute approximate surface area is 104 Å². The largest absolute Gasteiger partial charge is 0.508 e. The van der Waals surface area contributed by atoms with E-state index in [0.29, 0.717) is 12.3 Å². The Balaban J connectivity index is 2.06. The Kier molecular flexibility index (Phi) is 3.52. The van der Waals surface area contributed by atoms with Crippen LogP contribution in [0, 0.1) is 0 Å². The van der Waals surface area contributed by atoms with Crippen LogP contribution >= 0.6 is 0 Å². The van der Waals surface area contributed by atoms with E-state index >= 15 is 0 Å². The fourth-order valence-corrected chi connectivity index (χ4v) is 1.60. The number of carboxylic acid groups (broad SMARTS) is 1. The summed E-state index contributed by atoms with van der Waals surface area (Å²) in [4.78, 5) is 11.1. The quantitative estimate of drug-likeness (QED) is 0.753. The molecule has 1 atom stereocenters. The molecule has 5 nitrogen and oxygen atoms in total. The summed E-state index contributed by atoms with van der Waals surface area (Å²) in [7, 11) is 0. The van der Waals surface area contributed by atoms with Crippen LogP contribution in [0.3, 0.4) is 0 Å². The van der Waals surface area contributed by atoms with Crippen molar-refractivity contribution in [3.8, 4) is 5.75 Å². The molecule has 0 fully saturated rings. The summed E-state index contributed by atoms with van der Waals surface area (Å²) in [6, 6.07) is 9.00. The molecule has 1 aromatic heterocycles. The summed E-state index contributed by atoms with van der Waals surface area (Å²) in [6.07, 6.45) is 1.78. The normalized spacial score (nSPS) is 12.0. The number of aromatic hydroxyl groups is 1. The molecular weight excluding hydrogens is 234 g/mol. The van der Waals surface area contributed by atoms with Crippen molar-refractivity contribution >= 4 is 11.9 Å². The van der Waals surface area contributed by atoms with Crippen molar-refractivity contribution in [1.29, 1.82) is 0 Å². The summed E-state index contributed by atoms with van der Waals surface area (Å²) in [5.74, 6) is -0.384. The molecule has 0 spiro atoms. The first kappa shape index (κ1) is 12.0. The number of benzene rings is 1. The number of phenols is 1. The lowest BCUT2D eigenvalue weighted by molar-refractivity contribution is -0.137. The Morgan fingerprint density at radius 3 is 2.56 bits per heavy atom. The minimum absolute atomic E-state index is 0.157. The minimum Gasteiger partial charge on any atom is -0.508 e. The first-order chi connectivity index (χ1) is 8.65. The van der Waals surface area contributed by atoms with Crippen LogP contribution in [0.1, 0.15) is 5.56 Å². The SMILES string of the molecule is O=C(O)C(Cc1ccc(O)cc1)Nc1ccco1. The topological polar surface area (TPSA) is 82.7 Å². The van der Waals surface area contributed by atoms with E-state index < -0.39 is 12.0 Å². The second kappa shape index (κ2) is 5.27. The van der Waals surface area contributed by atoms with Crippen LogP contribution in [0.2, 0.25) is 0 Å². The molecule has 0 saturated heterocycles. The third-order valence-corrected chi connectivity index (χ3v) is 2.51. The van der Waals surface area contributed by atoms with Crippen LogP contribution in [-0.2, 0) is 11.2 Å². The molecule has 5 heteroatoms. The first-order valence-corrected chi connectivity index (χ1v) is 5.46. The molecule has 0 amide bonds. The number of aliphatic carboxylic acids is 1. The molecule has 1 unspecified atom stereocenters. The van der Waals surface area contributed by atoms with E-state index in [1.807, 2.05) is 0 Å². The van der Waals surface area contributed by atoms with Gasteiger partial charge in [0.1, 0.15) is 11.8 Å². The van der Waals surface area contributed by atoms with Gasteiger partial charge in [-0.3, -0.25) is 0 Å². The molecule has 1 heterocycles. The van der Waals surface area contributed by atoms with Gasteiger partial charge in [0.15, 0.2) is 5.88 Å². The molecule has 94 valence electrons. The van der Waals surface area contributed by atoms with E-state index in [9.17, 15) is 4.79 Å². The monoisotopic (exact) mass is 247 g/mol. The zero-order valence-corrected chi connectivity index (χ0v) is 9.54. The van der Waals surface area contributed by atoms with E-state index in [1.165, 1.54) is 18.4 Å². The lowest BCUT2D eigenvalue weighted by atomic mass is 10.1. The maximum absolute atomic E-state index is 11.1. The molecule has 0 aliphatic rings. The van der Waals surface area contributed by atoms with E-state index in [1.54, 1.807) is 24.3 Å². The van der Waals surface area contributed by atoms with Crippen molar-refractivity contribution in [2.45, 2.75) is 12.5 Å². The highest BCUT2D eigenvalue weighted by molar-refractivity contribution is 5.77. The number of phenolic OH excluding ortho intramolecular Hbond substituents is 1. The summed E-state index contributed by atoms with van der Waals surface area (Å²) in [5.41, 5.74) is 0.819. The Hall–Kier alpha value is -2.43. The number of anilines is 1. The standard InChI is InChI=1S/C13H13NO4/c15-10-5-3-9(4-6-10)8-11(13(16)17)14-12-2-1-7-18-12/h1-7,11,14-15H,8H2,(H,16,17). The summed E-state index contributed by atoms with van der Waals surface area (Å²) in [6.45, 7) is 0. The number of furan rings is 1. The van der Waals surface area contributed by atoms with Crippen LogP contribution in [-0.4, -0.2) is 22.2 Å². The molecule has 2 rings (SSSR count). The van der Waals surface area contributed by atoms with Crippen molar-refractivity contribution < 1.29 is 19.4 Å².